The first-order valence-electron chi connectivity index (χ1n) is 5.56. The van der Waals surface area contributed by atoms with E-state index in [1.807, 2.05) is 6.07 Å². The molecule has 18 heavy (non-hydrogen) atoms. The van der Waals surface area contributed by atoms with Gasteiger partial charge in [0.1, 0.15) is 6.54 Å². The summed E-state index contributed by atoms with van der Waals surface area (Å²) in [6.45, 7) is -0.0703. The Morgan fingerprint density at radius 1 is 1.39 bits per heavy atom. The molecule has 0 aliphatic carbocycles. The lowest BCUT2D eigenvalue weighted by Gasteiger charge is -2.39. The number of amides is 1. The predicted molar refractivity (Wildman–Crippen MR) is 59.3 cm³/mol. The molecule has 2 heterocycles. The van der Waals surface area contributed by atoms with Gasteiger partial charge in [0, 0.05) is 0 Å². The molecule has 3 rings (SSSR count). The highest BCUT2D eigenvalue weighted by Gasteiger charge is 2.38. The summed E-state index contributed by atoms with van der Waals surface area (Å²) in [6.07, 6.45) is 0.340. The first-order valence-corrected chi connectivity index (χ1v) is 5.56. The molecule has 0 spiro atoms. The van der Waals surface area contributed by atoms with Crippen LogP contribution in [-0.4, -0.2) is 35.2 Å². The zero-order valence-electron chi connectivity index (χ0n) is 9.46. The van der Waals surface area contributed by atoms with Gasteiger partial charge in [0.05, 0.1) is 12.5 Å². The molecule has 1 fully saturated rings. The third kappa shape index (κ3) is 1.66. The van der Waals surface area contributed by atoms with Gasteiger partial charge in [-0.15, -0.1) is 0 Å². The number of carboxylic acid groups (broad SMARTS) is 1. The zero-order valence-corrected chi connectivity index (χ0v) is 9.46. The van der Waals surface area contributed by atoms with Crippen LogP contribution in [0.15, 0.2) is 18.2 Å². The molecule has 0 saturated carbocycles. The number of β-lactam (4-membered cyclic amide) rings is 1. The van der Waals surface area contributed by atoms with Crippen LogP contribution in [0.25, 0.3) is 0 Å². The normalized spacial score (nSPS) is 20.8. The van der Waals surface area contributed by atoms with Crippen molar-refractivity contribution in [3.63, 3.8) is 0 Å². The van der Waals surface area contributed by atoms with E-state index in [-0.39, 0.29) is 25.3 Å². The average Bonchev–Trinajstić information content (AvgIpc) is 2.80. The Kier molecular flexibility index (Phi) is 2.36. The van der Waals surface area contributed by atoms with E-state index in [1.165, 1.54) is 4.90 Å². The van der Waals surface area contributed by atoms with Crippen LogP contribution < -0.4 is 9.47 Å². The molecule has 1 amide bonds. The second-order valence-corrected chi connectivity index (χ2v) is 4.25. The van der Waals surface area contributed by atoms with Gasteiger partial charge in [-0.25, -0.2) is 0 Å². The topological polar surface area (TPSA) is 76.1 Å². The predicted octanol–water partition coefficient (Wildman–Crippen LogP) is 0.773. The maximum atomic E-state index is 11.4. The third-order valence-electron chi connectivity index (χ3n) is 3.15. The molecule has 2 aliphatic rings. The number of nitrogens with zero attached hydrogens (tertiary/aromatic N) is 1. The number of carbonyl (C=O) groups excluding carboxylic acids is 1. The molecule has 6 heteroatoms. The smallest absolute Gasteiger partial charge is 0.323 e. The van der Waals surface area contributed by atoms with E-state index >= 15 is 0 Å². The van der Waals surface area contributed by atoms with Crippen molar-refractivity contribution < 1.29 is 24.2 Å². The van der Waals surface area contributed by atoms with Gasteiger partial charge in [-0.05, 0) is 17.7 Å². The molecule has 0 aromatic heterocycles. The summed E-state index contributed by atoms with van der Waals surface area (Å²) in [6, 6.07) is 5.23. The molecule has 1 aromatic rings. The van der Waals surface area contributed by atoms with Crippen molar-refractivity contribution in [1.82, 2.24) is 4.90 Å². The summed E-state index contributed by atoms with van der Waals surface area (Å²) in [7, 11) is 0. The molecular weight excluding hydrogens is 238 g/mol. The van der Waals surface area contributed by atoms with Crippen LogP contribution >= 0.6 is 0 Å². The fraction of sp³-hybridized carbons (Fsp3) is 0.333. The molecule has 0 radical (unpaired) electrons. The summed E-state index contributed by atoms with van der Waals surface area (Å²) in [5.74, 6) is 0.171. The zero-order chi connectivity index (χ0) is 12.7. The van der Waals surface area contributed by atoms with Crippen LogP contribution in [0, 0.1) is 0 Å². The van der Waals surface area contributed by atoms with E-state index < -0.39 is 5.97 Å². The highest BCUT2D eigenvalue weighted by Crippen LogP contribution is 2.39. The molecule has 1 aromatic carbocycles. The van der Waals surface area contributed by atoms with Crippen LogP contribution in [0.5, 0.6) is 11.5 Å². The summed E-state index contributed by atoms with van der Waals surface area (Å²) < 4.78 is 10.5. The fourth-order valence-electron chi connectivity index (χ4n) is 2.22. The Morgan fingerprint density at radius 3 is 2.89 bits per heavy atom. The standard InChI is InChI=1S/C12H11NO5/c14-11-4-8(13(11)5-12(15)16)7-1-2-9-10(3-7)18-6-17-9/h1-3,8H,4-6H2,(H,15,16). The third-order valence-corrected chi connectivity index (χ3v) is 3.15. The Bertz CT molecular complexity index is 527. The van der Waals surface area contributed by atoms with E-state index in [1.54, 1.807) is 12.1 Å². The quantitative estimate of drug-likeness (QED) is 0.801. The number of carbonyl (C=O) groups is 2. The van der Waals surface area contributed by atoms with Crippen molar-refractivity contribution in [3.05, 3.63) is 23.8 Å². The van der Waals surface area contributed by atoms with Crippen LogP contribution in [0.1, 0.15) is 18.0 Å². The molecule has 1 unspecified atom stereocenters. The average molecular weight is 249 g/mol. The van der Waals surface area contributed by atoms with Gasteiger partial charge in [-0.1, -0.05) is 6.07 Å². The van der Waals surface area contributed by atoms with Crippen molar-refractivity contribution in [1.29, 1.82) is 0 Å². The Hall–Kier alpha value is -2.24. The van der Waals surface area contributed by atoms with Gasteiger partial charge in [0.25, 0.3) is 0 Å². The van der Waals surface area contributed by atoms with Gasteiger partial charge < -0.3 is 19.5 Å². The molecule has 94 valence electrons. The van der Waals surface area contributed by atoms with E-state index in [0.29, 0.717) is 17.9 Å². The Balaban J connectivity index is 1.82. The van der Waals surface area contributed by atoms with Crippen LogP contribution in [0.3, 0.4) is 0 Å². The minimum absolute atomic E-state index is 0.139. The molecule has 1 N–H and O–H groups in total. The first kappa shape index (κ1) is 10.9. The molecular formula is C12H11NO5. The van der Waals surface area contributed by atoms with Crippen LogP contribution in [0.4, 0.5) is 0 Å². The van der Waals surface area contributed by atoms with E-state index in [2.05, 4.69) is 0 Å². The number of benzene rings is 1. The van der Waals surface area contributed by atoms with Gasteiger partial charge in [-0.2, -0.15) is 0 Å². The van der Waals surface area contributed by atoms with Crippen molar-refractivity contribution in [3.8, 4) is 11.5 Å². The monoisotopic (exact) mass is 249 g/mol. The summed E-state index contributed by atoms with van der Waals surface area (Å²) in [5.41, 5.74) is 0.875. The number of ether oxygens (including phenoxy) is 2. The van der Waals surface area contributed by atoms with Crippen molar-refractivity contribution in [2.45, 2.75) is 12.5 Å². The van der Waals surface area contributed by atoms with E-state index in [4.69, 9.17) is 14.6 Å². The fourth-order valence-corrected chi connectivity index (χ4v) is 2.22. The maximum absolute atomic E-state index is 11.4. The van der Waals surface area contributed by atoms with Gasteiger partial charge >= 0.3 is 5.97 Å². The van der Waals surface area contributed by atoms with Crippen molar-refractivity contribution in [2.24, 2.45) is 0 Å². The number of hydrogen-bond acceptors (Lipinski definition) is 4. The highest BCUT2D eigenvalue weighted by molar-refractivity contribution is 5.87. The van der Waals surface area contributed by atoms with E-state index in [0.717, 1.165) is 5.56 Å². The second-order valence-electron chi connectivity index (χ2n) is 4.25. The lowest BCUT2D eigenvalue weighted by molar-refractivity contribution is -0.155. The summed E-state index contributed by atoms with van der Waals surface area (Å²) >= 11 is 0. The number of rotatable bonds is 3. The van der Waals surface area contributed by atoms with Crippen LogP contribution in [-0.2, 0) is 9.59 Å². The maximum Gasteiger partial charge on any atom is 0.323 e. The minimum atomic E-state index is -1.01. The number of carboxylic acids is 1. The molecule has 1 atom stereocenters. The molecule has 1 saturated heterocycles. The Labute approximate surface area is 103 Å². The molecule has 0 bridgehead atoms. The summed E-state index contributed by atoms with van der Waals surface area (Å²) in [4.78, 5) is 23.4. The molecule has 6 nitrogen and oxygen atoms in total. The second kappa shape index (κ2) is 3.90. The lowest BCUT2D eigenvalue weighted by atomic mass is 9.93. The van der Waals surface area contributed by atoms with Crippen LogP contribution in [0.2, 0.25) is 0 Å². The molecule has 2 aliphatic heterocycles. The van der Waals surface area contributed by atoms with Gasteiger partial charge in [0.15, 0.2) is 11.5 Å². The van der Waals surface area contributed by atoms with Gasteiger partial charge in [0.2, 0.25) is 12.7 Å². The largest absolute Gasteiger partial charge is 0.480 e. The van der Waals surface area contributed by atoms with E-state index in [9.17, 15) is 9.59 Å². The number of aliphatic carboxylic acids is 1. The van der Waals surface area contributed by atoms with Crippen molar-refractivity contribution >= 4 is 11.9 Å². The lowest BCUT2D eigenvalue weighted by Crippen LogP contribution is -2.48. The number of hydrogen-bond donors (Lipinski definition) is 1. The SMILES string of the molecule is O=C(O)CN1C(=O)CC1c1ccc2c(c1)OCO2. The number of fused-ring (bicyclic) bond motifs is 1. The highest BCUT2D eigenvalue weighted by atomic mass is 16.7. The van der Waals surface area contributed by atoms with Gasteiger partial charge in [-0.3, -0.25) is 9.59 Å². The van der Waals surface area contributed by atoms with Crippen molar-refractivity contribution in [2.75, 3.05) is 13.3 Å². The number of likely N-dealkylation sites (tertiary alicyclic amines) is 1. The minimum Gasteiger partial charge on any atom is -0.480 e. The summed E-state index contributed by atoms with van der Waals surface area (Å²) in [5, 5.41) is 8.75. The Morgan fingerprint density at radius 2 is 2.17 bits per heavy atom. The first-order chi connectivity index (χ1) is 8.65.